The minimum atomic E-state index is -0.527. The number of benzene rings is 1. The van der Waals surface area contributed by atoms with E-state index in [1.165, 1.54) is 45.8 Å². The smallest absolute Gasteiger partial charge is 0.410 e. The molecule has 3 rings (SSSR count). The van der Waals surface area contributed by atoms with E-state index in [0.29, 0.717) is 17.9 Å². The van der Waals surface area contributed by atoms with Gasteiger partial charge in [0.15, 0.2) is 5.78 Å². The number of halogens is 1. The fourth-order valence-corrected chi connectivity index (χ4v) is 4.38. The summed E-state index contributed by atoms with van der Waals surface area (Å²) in [5.74, 6) is -0.701. The first-order valence-corrected chi connectivity index (χ1v) is 11.4. The Morgan fingerprint density at radius 2 is 2.19 bits per heavy atom. The van der Waals surface area contributed by atoms with Crippen molar-refractivity contribution >= 4 is 34.5 Å². The van der Waals surface area contributed by atoms with E-state index in [1.807, 2.05) is 0 Å². The molecule has 2 aromatic rings. The number of nitrogens with zero attached hydrogens (tertiary/aromatic N) is 3. The van der Waals surface area contributed by atoms with Gasteiger partial charge in [0, 0.05) is 31.0 Å². The topological polar surface area (TPSA) is 90.7 Å². The second-order valence-electron chi connectivity index (χ2n) is 7.47. The van der Waals surface area contributed by atoms with Gasteiger partial charge in [-0.2, -0.15) is 0 Å². The maximum absolute atomic E-state index is 14.0. The Balaban J connectivity index is 1.80. The van der Waals surface area contributed by atoms with Crippen molar-refractivity contribution in [1.29, 1.82) is 0 Å². The number of likely N-dealkylation sites (tertiary alicyclic amines) is 1. The maximum atomic E-state index is 14.0. The highest BCUT2D eigenvalue weighted by Gasteiger charge is 2.36. The molecule has 0 saturated carbocycles. The summed E-state index contributed by atoms with van der Waals surface area (Å²) in [6.07, 6.45) is 5.03. The molecule has 10 heteroatoms. The quantitative estimate of drug-likeness (QED) is 0.439. The molecule has 8 nitrogen and oxygen atoms in total. The van der Waals surface area contributed by atoms with Crippen LogP contribution in [0.25, 0.3) is 10.9 Å². The minimum Gasteiger partial charge on any atom is -0.445 e. The third-order valence-corrected chi connectivity index (χ3v) is 6.21. The maximum Gasteiger partial charge on any atom is 0.410 e. The van der Waals surface area contributed by atoms with Crippen molar-refractivity contribution in [1.82, 2.24) is 14.5 Å². The largest absolute Gasteiger partial charge is 0.445 e. The number of fused-ring (bicyclic) bond motifs is 1. The zero-order chi connectivity index (χ0) is 23.3. The number of thioether (sulfide) groups is 1. The summed E-state index contributed by atoms with van der Waals surface area (Å²) in [5.41, 5.74) is -0.190. The SMILES string of the molecule is C=CCOC(=O)N1CCC[C@@H](OC)[C@@H]1CC(=O)Cn1cnc2cc(F)c(SC)cc2c1=O. The number of aromatic nitrogens is 2. The van der Waals surface area contributed by atoms with Crippen LogP contribution in [0.5, 0.6) is 0 Å². The van der Waals surface area contributed by atoms with Crippen LogP contribution in [-0.2, 0) is 20.8 Å². The van der Waals surface area contributed by atoms with Gasteiger partial charge in [-0.1, -0.05) is 12.7 Å². The number of piperidine rings is 1. The molecule has 2 heterocycles. The van der Waals surface area contributed by atoms with Crippen LogP contribution >= 0.6 is 11.8 Å². The van der Waals surface area contributed by atoms with Gasteiger partial charge >= 0.3 is 6.09 Å². The number of hydrogen-bond donors (Lipinski definition) is 0. The zero-order valence-corrected chi connectivity index (χ0v) is 18.9. The number of ether oxygens (including phenoxy) is 2. The molecule has 0 aliphatic carbocycles. The molecule has 1 aromatic heterocycles. The molecule has 0 unspecified atom stereocenters. The van der Waals surface area contributed by atoms with Gasteiger partial charge < -0.3 is 14.4 Å². The van der Waals surface area contributed by atoms with Gasteiger partial charge in [-0.15, -0.1) is 11.8 Å². The van der Waals surface area contributed by atoms with Gasteiger partial charge in [-0.25, -0.2) is 14.2 Å². The summed E-state index contributed by atoms with van der Waals surface area (Å²) in [5, 5.41) is 0.244. The first kappa shape index (κ1) is 23.9. The molecule has 1 aromatic carbocycles. The van der Waals surface area contributed by atoms with Crippen LogP contribution < -0.4 is 5.56 Å². The number of amides is 1. The standard InChI is InChI=1S/C22H26FN3O5S/c1-4-8-31-22(29)26-7-5-6-19(30-2)18(26)9-14(27)12-25-13-24-17-11-16(23)20(32-3)10-15(17)21(25)28/h4,10-11,13,18-19H,1,5-9,12H2,2-3H3/t18-,19+/m0/s1. The van der Waals surface area contributed by atoms with Gasteiger partial charge in [-0.05, 0) is 25.2 Å². The summed E-state index contributed by atoms with van der Waals surface area (Å²) in [7, 11) is 1.54. The Hall–Kier alpha value is -2.72. The lowest BCUT2D eigenvalue weighted by Gasteiger charge is -2.39. The molecular formula is C22H26FN3O5S. The first-order valence-electron chi connectivity index (χ1n) is 10.2. The number of rotatable bonds is 8. The van der Waals surface area contributed by atoms with Gasteiger partial charge in [0.05, 0.1) is 35.9 Å². The predicted octanol–water partition coefficient (Wildman–Crippen LogP) is 3.02. The van der Waals surface area contributed by atoms with Crippen LogP contribution in [-0.4, -0.2) is 65.0 Å². The van der Waals surface area contributed by atoms with Crippen molar-refractivity contribution in [2.24, 2.45) is 0 Å². The van der Waals surface area contributed by atoms with Crippen LogP contribution in [0.3, 0.4) is 0 Å². The molecule has 2 atom stereocenters. The highest BCUT2D eigenvalue weighted by atomic mass is 32.2. The van der Waals surface area contributed by atoms with Crippen molar-refractivity contribution in [2.75, 3.05) is 26.5 Å². The number of carbonyl (C=O) groups excluding carboxylic acids is 2. The van der Waals surface area contributed by atoms with E-state index in [1.54, 1.807) is 13.4 Å². The van der Waals surface area contributed by atoms with Crippen LogP contribution in [0.1, 0.15) is 19.3 Å². The van der Waals surface area contributed by atoms with Gasteiger partial charge in [0.2, 0.25) is 0 Å². The summed E-state index contributed by atoms with van der Waals surface area (Å²) in [6.45, 7) is 3.85. The van der Waals surface area contributed by atoms with E-state index in [4.69, 9.17) is 9.47 Å². The molecule has 172 valence electrons. The van der Waals surface area contributed by atoms with Gasteiger partial charge in [-0.3, -0.25) is 14.2 Å². The lowest BCUT2D eigenvalue weighted by atomic mass is 9.94. The van der Waals surface area contributed by atoms with Gasteiger partial charge in [0.25, 0.3) is 5.56 Å². The average molecular weight is 464 g/mol. The second-order valence-corrected chi connectivity index (χ2v) is 8.32. The molecular weight excluding hydrogens is 437 g/mol. The average Bonchev–Trinajstić information content (AvgIpc) is 2.79. The number of methoxy groups -OCH3 is 1. The molecule has 1 saturated heterocycles. The molecule has 0 N–H and O–H groups in total. The highest BCUT2D eigenvalue weighted by molar-refractivity contribution is 7.98. The van der Waals surface area contributed by atoms with Crippen molar-refractivity contribution in [3.8, 4) is 0 Å². The normalized spacial score (nSPS) is 18.5. The van der Waals surface area contributed by atoms with Crippen molar-refractivity contribution in [3.63, 3.8) is 0 Å². The van der Waals surface area contributed by atoms with E-state index in [2.05, 4.69) is 11.6 Å². The molecule has 1 aliphatic rings. The fourth-order valence-electron chi connectivity index (χ4n) is 3.90. The van der Waals surface area contributed by atoms with Crippen molar-refractivity contribution in [3.05, 3.63) is 47.3 Å². The van der Waals surface area contributed by atoms with Gasteiger partial charge in [0.1, 0.15) is 12.4 Å². The van der Waals surface area contributed by atoms with Crippen LogP contribution in [0.15, 0.2) is 40.8 Å². The molecule has 0 radical (unpaired) electrons. The highest BCUT2D eigenvalue weighted by Crippen LogP contribution is 2.25. The molecule has 1 fully saturated rings. The Morgan fingerprint density at radius 1 is 1.41 bits per heavy atom. The summed E-state index contributed by atoms with van der Waals surface area (Å²) >= 11 is 1.19. The summed E-state index contributed by atoms with van der Waals surface area (Å²) < 4.78 is 25.9. The molecule has 32 heavy (non-hydrogen) atoms. The number of hydrogen-bond acceptors (Lipinski definition) is 7. The monoisotopic (exact) mass is 463 g/mol. The number of Topliss-reactive ketones (excluding diaryl/α,β-unsaturated/α-hetero) is 1. The molecule has 0 bridgehead atoms. The third-order valence-electron chi connectivity index (χ3n) is 5.46. The van der Waals surface area contributed by atoms with E-state index >= 15 is 0 Å². The van der Waals surface area contributed by atoms with Crippen molar-refractivity contribution in [2.45, 2.75) is 42.8 Å². The van der Waals surface area contributed by atoms with Crippen LogP contribution in [0.4, 0.5) is 9.18 Å². The van der Waals surface area contributed by atoms with E-state index < -0.39 is 23.5 Å². The lowest BCUT2D eigenvalue weighted by Crippen LogP contribution is -2.53. The fraction of sp³-hybridized carbons (Fsp3) is 0.455. The van der Waals surface area contributed by atoms with E-state index in [-0.39, 0.29) is 42.4 Å². The van der Waals surface area contributed by atoms with E-state index in [9.17, 15) is 18.8 Å². The second kappa shape index (κ2) is 10.7. The zero-order valence-electron chi connectivity index (χ0n) is 18.1. The summed E-state index contributed by atoms with van der Waals surface area (Å²) in [4.78, 5) is 44.2. The van der Waals surface area contributed by atoms with E-state index in [0.717, 1.165) is 6.42 Å². The Bertz CT molecular complexity index is 1070. The third kappa shape index (κ3) is 5.18. The lowest BCUT2D eigenvalue weighted by molar-refractivity contribution is -0.122. The Labute approximate surface area is 189 Å². The molecule has 0 spiro atoms. The number of carbonyl (C=O) groups is 2. The Kier molecular flexibility index (Phi) is 8.03. The summed E-state index contributed by atoms with van der Waals surface area (Å²) in [6, 6.07) is 2.16. The first-order chi connectivity index (χ1) is 15.4. The predicted molar refractivity (Wildman–Crippen MR) is 119 cm³/mol. The Morgan fingerprint density at radius 3 is 2.88 bits per heavy atom. The molecule has 1 aliphatic heterocycles. The van der Waals surface area contributed by atoms with Crippen molar-refractivity contribution < 1.29 is 23.5 Å². The van der Waals surface area contributed by atoms with Crippen LogP contribution in [0, 0.1) is 5.82 Å². The number of ketones is 1. The minimum absolute atomic E-state index is 0.00561. The molecule has 1 amide bonds. The van der Waals surface area contributed by atoms with Crippen LogP contribution in [0.2, 0.25) is 0 Å².